The molecule has 1 aliphatic rings. The normalized spacial score (nSPS) is 20.6. The first-order valence-corrected chi connectivity index (χ1v) is 8.13. The SMILES string of the molecule is CCC1CCCCN1C(=O)C(C)Oc1ccc(Br)cc1. The van der Waals surface area contributed by atoms with E-state index in [2.05, 4.69) is 22.9 Å². The van der Waals surface area contributed by atoms with Gasteiger partial charge < -0.3 is 9.64 Å². The van der Waals surface area contributed by atoms with Gasteiger partial charge >= 0.3 is 0 Å². The molecule has 1 aromatic carbocycles. The molecule has 1 amide bonds. The number of halogens is 1. The molecule has 1 fully saturated rings. The van der Waals surface area contributed by atoms with Crippen molar-refractivity contribution in [1.29, 1.82) is 0 Å². The zero-order valence-corrected chi connectivity index (χ0v) is 13.7. The molecule has 0 bridgehead atoms. The summed E-state index contributed by atoms with van der Waals surface area (Å²) in [5.41, 5.74) is 0. The standard InChI is InChI=1S/C16H22BrNO2/c1-3-14-6-4-5-11-18(14)16(19)12(2)20-15-9-7-13(17)8-10-15/h7-10,12,14H,3-6,11H2,1-2H3. The van der Waals surface area contributed by atoms with E-state index in [4.69, 9.17) is 4.74 Å². The third kappa shape index (κ3) is 3.75. The highest BCUT2D eigenvalue weighted by Crippen LogP contribution is 2.22. The fourth-order valence-corrected chi connectivity index (χ4v) is 2.98. The zero-order chi connectivity index (χ0) is 14.5. The number of nitrogens with zero attached hydrogens (tertiary/aromatic N) is 1. The number of carbonyl (C=O) groups excluding carboxylic acids is 1. The Bertz CT molecular complexity index is 446. The van der Waals surface area contributed by atoms with Crippen molar-refractivity contribution < 1.29 is 9.53 Å². The minimum Gasteiger partial charge on any atom is -0.481 e. The van der Waals surface area contributed by atoms with Crippen molar-refractivity contribution in [3.63, 3.8) is 0 Å². The molecule has 2 atom stereocenters. The molecule has 1 heterocycles. The Kier molecular flexibility index (Phi) is 5.46. The van der Waals surface area contributed by atoms with Gasteiger partial charge in [0.1, 0.15) is 5.75 Å². The number of piperidine rings is 1. The third-order valence-electron chi connectivity index (χ3n) is 3.86. The number of rotatable bonds is 4. The molecule has 20 heavy (non-hydrogen) atoms. The summed E-state index contributed by atoms with van der Waals surface area (Å²) in [7, 11) is 0. The van der Waals surface area contributed by atoms with Crippen molar-refractivity contribution in [2.75, 3.05) is 6.54 Å². The van der Waals surface area contributed by atoms with E-state index >= 15 is 0 Å². The number of amides is 1. The van der Waals surface area contributed by atoms with E-state index in [1.54, 1.807) is 0 Å². The Morgan fingerprint density at radius 2 is 2.10 bits per heavy atom. The van der Waals surface area contributed by atoms with Gasteiger partial charge in [0, 0.05) is 17.1 Å². The van der Waals surface area contributed by atoms with Crippen LogP contribution in [-0.4, -0.2) is 29.5 Å². The average molecular weight is 340 g/mol. The van der Waals surface area contributed by atoms with Gasteiger partial charge in [0.2, 0.25) is 0 Å². The fourth-order valence-electron chi connectivity index (χ4n) is 2.72. The Hall–Kier alpha value is -1.03. The monoisotopic (exact) mass is 339 g/mol. The second-order valence-electron chi connectivity index (χ2n) is 5.30. The molecule has 1 aliphatic heterocycles. The van der Waals surface area contributed by atoms with Crippen LogP contribution in [0.25, 0.3) is 0 Å². The summed E-state index contributed by atoms with van der Waals surface area (Å²) in [6.07, 6.45) is 4.05. The van der Waals surface area contributed by atoms with Crippen molar-refractivity contribution in [3.8, 4) is 5.75 Å². The molecule has 2 unspecified atom stereocenters. The predicted octanol–water partition coefficient (Wildman–Crippen LogP) is 4.01. The topological polar surface area (TPSA) is 29.5 Å². The van der Waals surface area contributed by atoms with Crippen LogP contribution in [-0.2, 0) is 4.79 Å². The first-order chi connectivity index (χ1) is 9.61. The molecule has 0 aromatic heterocycles. The van der Waals surface area contributed by atoms with Gasteiger partial charge in [-0.1, -0.05) is 22.9 Å². The molecule has 0 saturated carbocycles. The summed E-state index contributed by atoms with van der Waals surface area (Å²) in [5, 5.41) is 0. The van der Waals surface area contributed by atoms with Gasteiger partial charge in [-0.25, -0.2) is 0 Å². The highest BCUT2D eigenvalue weighted by molar-refractivity contribution is 9.10. The van der Waals surface area contributed by atoms with E-state index in [-0.39, 0.29) is 5.91 Å². The molecular formula is C16H22BrNO2. The molecule has 0 radical (unpaired) electrons. The van der Waals surface area contributed by atoms with Crippen molar-refractivity contribution in [1.82, 2.24) is 4.90 Å². The molecule has 1 saturated heterocycles. The first-order valence-electron chi connectivity index (χ1n) is 7.34. The summed E-state index contributed by atoms with van der Waals surface area (Å²) in [6.45, 7) is 4.85. The maximum atomic E-state index is 12.5. The Morgan fingerprint density at radius 3 is 2.75 bits per heavy atom. The molecule has 2 rings (SSSR count). The fraction of sp³-hybridized carbons (Fsp3) is 0.562. The Balaban J connectivity index is 1.98. The van der Waals surface area contributed by atoms with E-state index in [1.807, 2.05) is 36.1 Å². The molecule has 1 aromatic rings. The highest BCUT2D eigenvalue weighted by atomic mass is 79.9. The lowest BCUT2D eigenvalue weighted by atomic mass is 9.99. The first kappa shape index (κ1) is 15.4. The average Bonchev–Trinajstić information content (AvgIpc) is 2.48. The van der Waals surface area contributed by atoms with Crippen molar-refractivity contribution in [2.24, 2.45) is 0 Å². The third-order valence-corrected chi connectivity index (χ3v) is 4.38. The Morgan fingerprint density at radius 1 is 1.40 bits per heavy atom. The van der Waals surface area contributed by atoms with Gasteiger partial charge in [-0.15, -0.1) is 0 Å². The quantitative estimate of drug-likeness (QED) is 0.829. The molecule has 110 valence electrons. The minimum absolute atomic E-state index is 0.111. The minimum atomic E-state index is -0.427. The van der Waals surface area contributed by atoms with Crippen LogP contribution >= 0.6 is 15.9 Å². The van der Waals surface area contributed by atoms with Crippen LogP contribution in [0.4, 0.5) is 0 Å². The van der Waals surface area contributed by atoms with E-state index in [0.717, 1.165) is 36.0 Å². The summed E-state index contributed by atoms with van der Waals surface area (Å²) < 4.78 is 6.77. The molecular weight excluding hydrogens is 318 g/mol. The maximum Gasteiger partial charge on any atom is 0.263 e. The molecule has 4 heteroatoms. The van der Waals surface area contributed by atoms with E-state index < -0.39 is 6.10 Å². The van der Waals surface area contributed by atoms with Crippen molar-refractivity contribution in [2.45, 2.75) is 51.7 Å². The summed E-state index contributed by atoms with van der Waals surface area (Å²) >= 11 is 3.39. The van der Waals surface area contributed by atoms with Crippen molar-refractivity contribution in [3.05, 3.63) is 28.7 Å². The van der Waals surface area contributed by atoms with Gasteiger partial charge in [-0.05, 0) is 56.9 Å². The van der Waals surface area contributed by atoms with Crippen LogP contribution in [0.5, 0.6) is 5.75 Å². The number of benzene rings is 1. The second-order valence-corrected chi connectivity index (χ2v) is 6.22. The van der Waals surface area contributed by atoms with Crippen molar-refractivity contribution >= 4 is 21.8 Å². The number of carbonyl (C=O) groups is 1. The van der Waals surface area contributed by atoms with Gasteiger partial charge in [0.25, 0.3) is 5.91 Å². The summed E-state index contributed by atoms with van der Waals surface area (Å²) in [4.78, 5) is 14.5. The lowest BCUT2D eigenvalue weighted by Crippen LogP contribution is -2.48. The molecule has 0 spiro atoms. The largest absolute Gasteiger partial charge is 0.481 e. The lowest BCUT2D eigenvalue weighted by molar-refractivity contribution is -0.141. The highest BCUT2D eigenvalue weighted by Gasteiger charge is 2.29. The van der Waals surface area contributed by atoms with Gasteiger partial charge in [0.15, 0.2) is 6.10 Å². The van der Waals surface area contributed by atoms with E-state index in [9.17, 15) is 4.79 Å². The van der Waals surface area contributed by atoms with Crippen LogP contribution in [0, 0.1) is 0 Å². The van der Waals surface area contributed by atoms with Crippen LogP contribution in [0.1, 0.15) is 39.5 Å². The van der Waals surface area contributed by atoms with E-state index in [0.29, 0.717) is 6.04 Å². The lowest BCUT2D eigenvalue weighted by Gasteiger charge is -2.36. The molecule has 3 nitrogen and oxygen atoms in total. The Labute approximate surface area is 129 Å². The predicted molar refractivity (Wildman–Crippen MR) is 83.9 cm³/mol. The molecule has 0 aliphatic carbocycles. The van der Waals surface area contributed by atoms with E-state index in [1.165, 1.54) is 6.42 Å². The summed E-state index contributed by atoms with van der Waals surface area (Å²) in [6, 6.07) is 7.97. The summed E-state index contributed by atoms with van der Waals surface area (Å²) in [5.74, 6) is 0.846. The van der Waals surface area contributed by atoms with Crippen LogP contribution in [0.15, 0.2) is 28.7 Å². The van der Waals surface area contributed by atoms with Crippen LogP contribution in [0.3, 0.4) is 0 Å². The number of ether oxygens (including phenoxy) is 1. The number of hydrogen-bond donors (Lipinski definition) is 0. The van der Waals surface area contributed by atoms with Gasteiger partial charge in [-0.2, -0.15) is 0 Å². The number of likely N-dealkylation sites (tertiary alicyclic amines) is 1. The molecule has 0 N–H and O–H groups in total. The zero-order valence-electron chi connectivity index (χ0n) is 12.1. The van der Waals surface area contributed by atoms with Crippen LogP contribution < -0.4 is 4.74 Å². The maximum absolute atomic E-state index is 12.5. The smallest absolute Gasteiger partial charge is 0.263 e. The van der Waals surface area contributed by atoms with Gasteiger partial charge in [-0.3, -0.25) is 4.79 Å². The second kappa shape index (κ2) is 7.11. The van der Waals surface area contributed by atoms with Crippen LogP contribution in [0.2, 0.25) is 0 Å². The number of hydrogen-bond acceptors (Lipinski definition) is 2. The van der Waals surface area contributed by atoms with Gasteiger partial charge in [0.05, 0.1) is 0 Å².